The normalized spacial score (nSPS) is 27.2. The highest BCUT2D eigenvalue weighted by Gasteiger charge is 2.60. The van der Waals surface area contributed by atoms with Crippen LogP contribution in [0.15, 0.2) is 78.3 Å². The molecule has 9 heteroatoms. The summed E-state index contributed by atoms with van der Waals surface area (Å²) in [5.41, 5.74) is 0.815. The molecule has 1 aromatic carbocycles. The Balaban J connectivity index is 1.31. The lowest BCUT2D eigenvalue weighted by Crippen LogP contribution is -2.64. The molecule has 214 valence electrons. The van der Waals surface area contributed by atoms with Crippen molar-refractivity contribution in [3.05, 3.63) is 100 Å². The molecule has 4 fully saturated rings. The molecule has 3 heterocycles. The van der Waals surface area contributed by atoms with E-state index in [9.17, 15) is 19.7 Å². The summed E-state index contributed by atoms with van der Waals surface area (Å²) in [7, 11) is 0. The number of nitro benzene ring substituents is 1. The molecule has 0 atom stereocenters. The Morgan fingerprint density at radius 3 is 1.81 bits per heavy atom. The fraction of sp³-hybridized carbons (Fsp3) is 0.424. The number of aliphatic imine (C=N–C) groups is 1. The Morgan fingerprint density at radius 1 is 0.833 bits per heavy atom. The van der Waals surface area contributed by atoms with E-state index in [0.717, 1.165) is 30.4 Å². The quantitative estimate of drug-likeness (QED) is 0.196. The molecule has 5 aliphatic rings. The van der Waals surface area contributed by atoms with Crippen molar-refractivity contribution in [2.75, 3.05) is 0 Å². The molecular weight excluding hydrogens is 530 g/mol. The molecule has 0 saturated heterocycles. The highest BCUT2D eigenvalue weighted by atomic mass is 16.6. The van der Waals surface area contributed by atoms with Crippen LogP contribution in [-0.2, 0) is 17.6 Å². The second-order valence-corrected chi connectivity index (χ2v) is 12.8. The van der Waals surface area contributed by atoms with Crippen molar-refractivity contribution in [3.63, 3.8) is 0 Å². The van der Waals surface area contributed by atoms with Gasteiger partial charge < -0.3 is 0 Å². The molecule has 0 N–H and O–H groups in total. The molecule has 1 aliphatic heterocycles. The molecule has 0 spiro atoms. The third-order valence-corrected chi connectivity index (χ3v) is 9.89. The van der Waals surface area contributed by atoms with Gasteiger partial charge in [-0.2, -0.15) is 0 Å². The number of amidine groups is 1. The Morgan fingerprint density at radius 2 is 1.33 bits per heavy atom. The number of hydrogen-bond acceptors (Lipinski definition) is 7. The van der Waals surface area contributed by atoms with Gasteiger partial charge in [-0.05, 0) is 104 Å². The van der Waals surface area contributed by atoms with Crippen LogP contribution < -0.4 is 0 Å². The minimum atomic E-state index is -1.10. The number of nitro groups is 1. The largest absolute Gasteiger partial charge is 0.294 e. The van der Waals surface area contributed by atoms with E-state index in [0.29, 0.717) is 42.0 Å². The zero-order valence-electron chi connectivity index (χ0n) is 23.4. The Bertz CT molecular complexity index is 1480. The number of pyridine rings is 2. The first-order valence-corrected chi connectivity index (χ1v) is 14.8. The van der Waals surface area contributed by atoms with Gasteiger partial charge in [-0.25, -0.2) is 0 Å². The van der Waals surface area contributed by atoms with Crippen LogP contribution in [0.5, 0.6) is 0 Å². The number of nitrogens with zero attached hydrogens (tertiary/aromatic N) is 5. The second kappa shape index (κ2) is 10.2. The third kappa shape index (κ3) is 4.70. The summed E-state index contributed by atoms with van der Waals surface area (Å²) in [6.45, 7) is 0. The van der Waals surface area contributed by atoms with Crippen molar-refractivity contribution in [2.45, 2.75) is 68.9 Å². The molecule has 4 saturated carbocycles. The lowest BCUT2D eigenvalue weighted by atomic mass is 9.52. The predicted molar refractivity (Wildman–Crippen MR) is 156 cm³/mol. The van der Waals surface area contributed by atoms with Crippen molar-refractivity contribution in [1.29, 1.82) is 0 Å². The molecule has 1 amide bonds. The number of amides is 1. The summed E-state index contributed by atoms with van der Waals surface area (Å²) >= 11 is 0. The molecule has 4 aliphatic carbocycles. The van der Waals surface area contributed by atoms with Crippen LogP contribution in [0.4, 0.5) is 5.69 Å². The van der Waals surface area contributed by atoms with Crippen molar-refractivity contribution in [3.8, 4) is 0 Å². The number of carbonyl (C=O) groups excluding carboxylic acids is 2. The maximum absolute atomic E-state index is 15.0. The number of carbonyl (C=O) groups is 2. The van der Waals surface area contributed by atoms with Crippen molar-refractivity contribution >= 4 is 23.2 Å². The van der Waals surface area contributed by atoms with Crippen LogP contribution in [0.1, 0.15) is 66.4 Å². The van der Waals surface area contributed by atoms with E-state index in [2.05, 4.69) is 9.97 Å². The maximum atomic E-state index is 15.0. The number of ketones is 1. The van der Waals surface area contributed by atoms with Gasteiger partial charge in [-0.15, -0.1) is 0 Å². The molecule has 3 aromatic rings. The first kappa shape index (κ1) is 26.6. The minimum absolute atomic E-state index is 0.0235. The van der Waals surface area contributed by atoms with Gasteiger partial charge in [0.05, 0.1) is 11.3 Å². The number of benzene rings is 1. The summed E-state index contributed by atoms with van der Waals surface area (Å²) in [4.78, 5) is 54.9. The Labute approximate surface area is 244 Å². The van der Waals surface area contributed by atoms with Crippen LogP contribution in [-0.4, -0.2) is 48.4 Å². The average molecular weight is 564 g/mol. The number of non-ortho nitro benzene ring substituents is 1. The highest BCUT2D eigenvalue weighted by Crippen LogP contribution is 2.59. The van der Waals surface area contributed by atoms with E-state index >= 15 is 0 Å². The molecule has 9 nitrogen and oxygen atoms in total. The maximum Gasteiger partial charge on any atom is 0.269 e. The molecular formula is C33H33N5O4. The number of hydrogen-bond donors (Lipinski definition) is 0. The van der Waals surface area contributed by atoms with Gasteiger partial charge in [0.1, 0.15) is 11.4 Å². The van der Waals surface area contributed by atoms with E-state index < -0.39 is 10.5 Å². The molecule has 0 radical (unpaired) electrons. The van der Waals surface area contributed by atoms with Crippen LogP contribution in [0.25, 0.3) is 0 Å². The standard InChI is InChI=1S/C33H33N5O4/c39-29(27-1-3-28(4-2-27)38(41)42)16-30-36-33(20-22-5-9-34-10-6-22,21-23-7-11-35-12-8-23)31(40)37(30)32-17-24-13-25(18-32)15-26(14-24)19-32/h1-12,24-26H,13-21H2. The fourth-order valence-corrected chi connectivity index (χ4v) is 8.60. The van der Waals surface area contributed by atoms with E-state index in [1.165, 1.54) is 43.5 Å². The van der Waals surface area contributed by atoms with Gasteiger partial charge in [0.2, 0.25) is 0 Å². The van der Waals surface area contributed by atoms with Gasteiger partial charge in [0.15, 0.2) is 5.78 Å². The van der Waals surface area contributed by atoms with E-state index in [1.807, 2.05) is 29.2 Å². The Kier molecular flexibility index (Phi) is 6.48. The van der Waals surface area contributed by atoms with E-state index in [-0.39, 0.29) is 29.3 Å². The van der Waals surface area contributed by atoms with Crippen molar-refractivity contribution in [2.24, 2.45) is 22.7 Å². The third-order valence-electron chi connectivity index (χ3n) is 9.89. The summed E-state index contributed by atoms with van der Waals surface area (Å²) in [6, 6.07) is 13.4. The number of rotatable bonds is 9. The number of aromatic nitrogens is 2. The van der Waals surface area contributed by atoms with Crippen LogP contribution >= 0.6 is 0 Å². The SMILES string of the molecule is O=C(CC1=NC(Cc2ccncc2)(Cc2ccncc2)C(=O)N1C12CC3CC(CC(C3)C1)C2)c1ccc([N+](=O)[O-])cc1. The van der Waals surface area contributed by atoms with Crippen LogP contribution in [0.2, 0.25) is 0 Å². The summed E-state index contributed by atoms with van der Waals surface area (Å²) in [6.07, 6.45) is 14.2. The first-order valence-electron chi connectivity index (χ1n) is 14.8. The topological polar surface area (TPSA) is 119 Å². The van der Waals surface area contributed by atoms with E-state index in [1.54, 1.807) is 24.8 Å². The van der Waals surface area contributed by atoms with Gasteiger partial charge in [0.25, 0.3) is 11.6 Å². The van der Waals surface area contributed by atoms with Crippen LogP contribution in [0.3, 0.4) is 0 Å². The second-order valence-electron chi connectivity index (χ2n) is 12.8. The average Bonchev–Trinajstić information content (AvgIpc) is 3.23. The van der Waals surface area contributed by atoms with Crippen molar-refractivity contribution in [1.82, 2.24) is 14.9 Å². The lowest BCUT2D eigenvalue weighted by molar-refractivity contribution is -0.384. The predicted octanol–water partition coefficient (Wildman–Crippen LogP) is 5.39. The lowest BCUT2D eigenvalue weighted by Gasteiger charge is -2.60. The molecule has 2 aromatic heterocycles. The van der Waals surface area contributed by atoms with Gasteiger partial charge in [-0.1, -0.05) is 0 Å². The molecule has 8 rings (SSSR count). The summed E-state index contributed by atoms with van der Waals surface area (Å²) < 4.78 is 0. The van der Waals surface area contributed by atoms with Crippen molar-refractivity contribution < 1.29 is 14.5 Å². The zero-order valence-corrected chi connectivity index (χ0v) is 23.4. The monoisotopic (exact) mass is 563 g/mol. The van der Waals surface area contributed by atoms with Gasteiger partial charge in [0, 0.05) is 60.9 Å². The van der Waals surface area contributed by atoms with E-state index in [4.69, 9.17) is 4.99 Å². The summed E-state index contributed by atoms with van der Waals surface area (Å²) in [5, 5.41) is 11.2. The van der Waals surface area contributed by atoms with Crippen LogP contribution in [0, 0.1) is 27.9 Å². The summed E-state index contributed by atoms with van der Waals surface area (Å²) in [5.74, 6) is 2.12. The Hall–Kier alpha value is -4.27. The van der Waals surface area contributed by atoms with Gasteiger partial charge in [-0.3, -0.25) is 39.6 Å². The number of Topliss-reactive ketones (excluding diaryl/α,β-unsaturated/α-hetero) is 1. The highest BCUT2D eigenvalue weighted by molar-refractivity contribution is 6.17. The minimum Gasteiger partial charge on any atom is -0.294 e. The first-order chi connectivity index (χ1) is 20.3. The molecule has 4 bridgehead atoms. The molecule has 0 unspecified atom stereocenters. The fourth-order valence-electron chi connectivity index (χ4n) is 8.60. The molecule has 42 heavy (non-hydrogen) atoms. The smallest absolute Gasteiger partial charge is 0.269 e. The van der Waals surface area contributed by atoms with Gasteiger partial charge >= 0.3 is 0 Å². The zero-order chi connectivity index (χ0) is 28.9.